The van der Waals surface area contributed by atoms with Crippen LogP contribution in [-0.4, -0.2) is 18.1 Å². The maximum atomic E-state index is 11.1. The van der Waals surface area contributed by atoms with E-state index in [0.29, 0.717) is 5.76 Å². The molecule has 0 spiro atoms. The van der Waals surface area contributed by atoms with E-state index in [1.807, 2.05) is 39.0 Å². The minimum Gasteiger partial charge on any atom is -0.478 e. The van der Waals surface area contributed by atoms with Crippen LogP contribution in [0.25, 0.3) is 0 Å². The summed E-state index contributed by atoms with van der Waals surface area (Å²) in [7, 11) is 1.58. The summed E-state index contributed by atoms with van der Waals surface area (Å²) in [6.07, 6.45) is 7.43. The first-order chi connectivity index (χ1) is 9.06. The van der Waals surface area contributed by atoms with Gasteiger partial charge < -0.3 is 9.94 Å². The first kappa shape index (κ1) is 19.5. The molecule has 0 atom stereocenters. The summed E-state index contributed by atoms with van der Waals surface area (Å²) >= 11 is 0. The molecule has 0 amide bonds. The van der Waals surface area contributed by atoms with Crippen molar-refractivity contribution < 1.29 is 14.7 Å². The van der Waals surface area contributed by atoms with E-state index in [1.165, 1.54) is 0 Å². The first-order valence-electron chi connectivity index (χ1n) is 6.27. The van der Waals surface area contributed by atoms with Crippen LogP contribution < -0.4 is 5.48 Å². The average Bonchev–Trinajstić information content (AvgIpc) is 2.41. The molecule has 108 valence electrons. The fraction of sp³-hybridized carbons (Fsp3) is 0.400. The molecule has 0 aliphatic rings. The zero-order valence-electron chi connectivity index (χ0n) is 12.5. The van der Waals surface area contributed by atoms with Crippen molar-refractivity contribution in [3.8, 4) is 0 Å². The molecule has 0 aromatic carbocycles. The third-order valence-corrected chi connectivity index (χ3v) is 2.08. The van der Waals surface area contributed by atoms with Gasteiger partial charge in [-0.05, 0) is 19.4 Å². The smallest absolute Gasteiger partial charge is 0.335 e. The molecule has 0 rings (SSSR count). The second kappa shape index (κ2) is 12.6. The van der Waals surface area contributed by atoms with Crippen LogP contribution in [0.5, 0.6) is 0 Å². The molecule has 0 aromatic rings. The van der Waals surface area contributed by atoms with Crippen LogP contribution in [0.1, 0.15) is 34.1 Å². The lowest BCUT2D eigenvalue weighted by Gasteiger charge is -2.09. The zero-order valence-corrected chi connectivity index (χ0v) is 12.5. The zero-order chi connectivity index (χ0) is 15.3. The number of allylic oxidation sites excluding steroid dienone is 6. The lowest BCUT2D eigenvalue weighted by atomic mass is 10.0. The Morgan fingerprint density at radius 2 is 2.00 bits per heavy atom. The van der Waals surface area contributed by atoms with Crippen LogP contribution in [0.2, 0.25) is 0 Å². The number of carboxylic acid groups (broad SMARTS) is 1. The molecule has 4 heteroatoms. The van der Waals surface area contributed by atoms with Crippen molar-refractivity contribution in [1.82, 2.24) is 5.48 Å². The van der Waals surface area contributed by atoms with Crippen LogP contribution in [0.4, 0.5) is 0 Å². The van der Waals surface area contributed by atoms with E-state index in [-0.39, 0.29) is 12.0 Å². The lowest BCUT2D eigenvalue weighted by molar-refractivity contribution is -0.133. The highest BCUT2D eigenvalue weighted by Gasteiger charge is 2.13. The van der Waals surface area contributed by atoms with Crippen LogP contribution in [0, 0.1) is 0 Å². The second-order valence-corrected chi connectivity index (χ2v) is 3.29. The predicted octanol–water partition coefficient (Wildman–Crippen LogP) is 3.60. The number of hydrogen-bond donors (Lipinski definition) is 2. The molecule has 0 radical (unpaired) electrons. The first-order valence-corrected chi connectivity index (χ1v) is 6.27. The molecule has 2 N–H and O–H groups in total. The Hall–Kier alpha value is -1.81. The number of hydroxylamine groups is 1. The SMILES string of the molecule is C=C/C(=C\C=C/C)C/C(C(=O)O)=C(/C)ONC.CC. The van der Waals surface area contributed by atoms with E-state index >= 15 is 0 Å². The van der Waals surface area contributed by atoms with Gasteiger partial charge in [-0.3, -0.25) is 0 Å². The van der Waals surface area contributed by atoms with Crippen molar-refractivity contribution in [3.63, 3.8) is 0 Å². The van der Waals surface area contributed by atoms with E-state index in [1.54, 1.807) is 20.0 Å². The summed E-state index contributed by atoms with van der Waals surface area (Å²) in [6, 6.07) is 0. The Morgan fingerprint density at radius 3 is 2.37 bits per heavy atom. The lowest BCUT2D eigenvalue weighted by Crippen LogP contribution is -2.11. The molecule has 0 unspecified atom stereocenters. The average molecular weight is 267 g/mol. The Labute approximate surface area is 116 Å². The largest absolute Gasteiger partial charge is 0.478 e. The summed E-state index contributed by atoms with van der Waals surface area (Å²) in [5.41, 5.74) is 3.48. The minimum absolute atomic E-state index is 0.204. The van der Waals surface area contributed by atoms with Crippen LogP contribution in [0.3, 0.4) is 0 Å². The van der Waals surface area contributed by atoms with Gasteiger partial charge in [0.2, 0.25) is 0 Å². The monoisotopic (exact) mass is 267 g/mol. The molecular weight excluding hydrogens is 242 g/mol. The minimum atomic E-state index is -0.994. The van der Waals surface area contributed by atoms with Gasteiger partial charge in [0.25, 0.3) is 0 Å². The molecule has 0 saturated carbocycles. The van der Waals surface area contributed by atoms with E-state index < -0.39 is 5.97 Å². The van der Waals surface area contributed by atoms with Crippen LogP contribution in [0.15, 0.2) is 47.8 Å². The van der Waals surface area contributed by atoms with Crippen LogP contribution >= 0.6 is 0 Å². The maximum absolute atomic E-state index is 11.1. The summed E-state index contributed by atoms with van der Waals surface area (Å²) in [4.78, 5) is 16.1. The van der Waals surface area contributed by atoms with E-state index in [0.717, 1.165) is 5.57 Å². The molecule has 0 aliphatic heterocycles. The van der Waals surface area contributed by atoms with Gasteiger partial charge in [0.15, 0.2) is 0 Å². The molecular formula is C15H25NO3. The van der Waals surface area contributed by atoms with Crippen molar-refractivity contribution in [2.75, 3.05) is 7.05 Å². The normalized spacial score (nSPS) is 12.4. The number of nitrogens with one attached hydrogen (secondary N) is 1. The van der Waals surface area contributed by atoms with Gasteiger partial charge in [-0.1, -0.05) is 44.7 Å². The molecule has 0 aliphatic carbocycles. The number of rotatable bonds is 7. The second-order valence-electron chi connectivity index (χ2n) is 3.29. The topological polar surface area (TPSA) is 58.6 Å². The van der Waals surface area contributed by atoms with Gasteiger partial charge in [-0.2, -0.15) is 5.48 Å². The number of aliphatic carboxylic acids is 1. The fourth-order valence-electron chi connectivity index (χ4n) is 1.19. The highest BCUT2D eigenvalue weighted by atomic mass is 16.6. The van der Waals surface area contributed by atoms with E-state index in [2.05, 4.69) is 12.1 Å². The van der Waals surface area contributed by atoms with Crippen molar-refractivity contribution in [2.24, 2.45) is 0 Å². The molecule has 19 heavy (non-hydrogen) atoms. The number of hydrogen-bond acceptors (Lipinski definition) is 3. The van der Waals surface area contributed by atoms with E-state index in [9.17, 15) is 4.79 Å². The van der Waals surface area contributed by atoms with Crippen molar-refractivity contribution >= 4 is 5.97 Å². The third kappa shape index (κ3) is 8.85. The molecule has 0 aromatic heterocycles. The van der Waals surface area contributed by atoms with Crippen molar-refractivity contribution in [2.45, 2.75) is 34.1 Å². The highest BCUT2D eigenvalue weighted by Crippen LogP contribution is 2.16. The summed E-state index contributed by atoms with van der Waals surface area (Å²) < 4.78 is 0. The van der Waals surface area contributed by atoms with Gasteiger partial charge >= 0.3 is 5.97 Å². The van der Waals surface area contributed by atoms with Crippen LogP contribution in [-0.2, 0) is 9.63 Å². The number of carbonyl (C=O) groups is 1. The van der Waals surface area contributed by atoms with Gasteiger partial charge in [0.1, 0.15) is 5.76 Å². The Morgan fingerprint density at radius 1 is 1.42 bits per heavy atom. The van der Waals surface area contributed by atoms with Gasteiger partial charge in [-0.25, -0.2) is 4.79 Å². The highest BCUT2D eigenvalue weighted by molar-refractivity contribution is 5.87. The standard InChI is InChI=1S/C13H19NO3.C2H6/c1-5-7-8-11(6-2)9-12(13(15)16)10(3)17-14-4;1-2/h5-8,14H,2,9H2,1,3-4H3,(H,15,16);1-2H3/b7-5-,11-8+,12-10+;. The Kier molecular flexibility index (Phi) is 13.0. The van der Waals surface area contributed by atoms with Crippen molar-refractivity contribution in [3.05, 3.63) is 47.8 Å². The third-order valence-electron chi connectivity index (χ3n) is 2.08. The van der Waals surface area contributed by atoms with Gasteiger partial charge in [-0.15, -0.1) is 0 Å². The van der Waals surface area contributed by atoms with Gasteiger partial charge in [0.05, 0.1) is 5.57 Å². The predicted molar refractivity (Wildman–Crippen MR) is 79.5 cm³/mol. The molecule has 4 nitrogen and oxygen atoms in total. The van der Waals surface area contributed by atoms with Crippen molar-refractivity contribution in [1.29, 1.82) is 0 Å². The summed E-state index contributed by atoms with van der Waals surface area (Å²) in [5, 5.41) is 9.09. The maximum Gasteiger partial charge on any atom is 0.335 e. The fourth-order valence-corrected chi connectivity index (χ4v) is 1.19. The molecule has 0 heterocycles. The summed E-state index contributed by atoms with van der Waals surface area (Å²) in [5.74, 6) is -0.654. The molecule has 0 fully saturated rings. The summed E-state index contributed by atoms with van der Waals surface area (Å²) in [6.45, 7) is 11.2. The van der Waals surface area contributed by atoms with Gasteiger partial charge in [0, 0.05) is 13.5 Å². The quantitative estimate of drug-likeness (QED) is 0.320. The molecule has 0 saturated heterocycles. The Bertz CT molecular complexity index is 366. The van der Waals surface area contributed by atoms with E-state index in [4.69, 9.17) is 9.94 Å². The molecule has 0 bridgehead atoms. The Balaban J connectivity index is 0. The number of carboxylic acids is 1.